The van der Waals surface area contributed by atoms with E-state index in [2.05, 4.69) is 16.0 Å². The zero-order valence-electron chi connectivity index (χ0n) is 15.1. The van der Waals surface area contributed by atoms with Crippen LogP contribution in [0.25, 0.3) is 0 Å². The van der Waals surface area contributed by atoms with Crippen LogP contribution in [0, 0.1) is 6.92 Å². The zero-order chi connectivity index (χ0) is 21.0. The molecule has 3 amide bonds. The second-order valence-corrected chi connectivity index (χ2v) is 7.02. The fourth-order valence-corrected chi connectivity index (χ4v) is 3.32. The summed E-state index contributed by atoms with van der Waals surface area (Å²) in [5.74, 6) is -0.725. The Labute approximate surface area is 167 Å². The van der Waals surface area contributed by atoms with Crippen LogP contribution in [0.2, 0.25) is 0 Å². The fourth-order valence-electron chi connectivity index (χ4n) is 2.48. The van der Waals surface area contributed by atoms with E-state index in [4.69, 9.17) is 4.42 Å². The first kappa shape index (κ1) is 20.5. The summed E-state index contributed by atoms with van der Waals surface area (Å²) in [6.45, 7) is 2.08. The third kappa shape index (κ3) is 5.17. The van der Waals surface area contributed by atoms with E-state index in [9.17, 15) is 22.8 Å². The Morgan fingerprint density at radius 3 is 2.55 bits per heavy atom. The van der Waals surface area contributed by atoms with Gasteiger partial charge in [0.05, 0.1) is 24.1 Å². The molecule has 0 radical (unpaired) electrons. The van der Waals surface area contributed by atoms with Crippen LogP contribution in [0.5, 0.6) is 0 Å². The van der Waals surface area contributed by atoms with Crippen molar-refractivity contribution in [3.63, 3.8) is 0 Å². The molecule has 152 valence electrons. The normalized spacial score (nSPS) is 11.2. The van der Waals surface area contributed by atoms with Crippen molar-refractivity contribution in [2.75, 3.05) is 10.6 Å². The molecule has 1 aromatic carbocycles. The lowest BCUT2D eigenvalue weighted by Crippen LogP contribution is -2.29. The summed E-state index contributed by atoms with van der Waals surface area (Å²) >= 11 is 1.44. The van der Waals surface area contributed by atoms with Gasteiger partial charge in [0.15, 0.2) is 5.76 Å². The Morgan fingerprint density at radius 1 is 1.14 bits per heavy atom. The summed E-state index contributed by atoms with van der Waals surface area (Å²) in [7, 11) is 0. The molecule has 0 aliphatic rings. The van der Waals surface area contributed by atoms with Gasteiger partial charge in [0, 0.05) is 10.6 Å². The van der Waals surface area contributed by atoms with Crippen molar-refractivity contribution in [1.82, 2.24) is 5.32 Å². The van der Waals surface area contributed by atoms with E-state index < -0.39 is 29.4 Å². The molecule has 2 aromatic heterocycles. The number of hydrogen-bond acceptors (Lipinski definition) is 4. The Balaban J connectivity index is 1.73. The van der Waals surface area contributed by atoms with Crippen LogP contribution in [-0.2, 0) is 12.7 Å². The van der Waals surface area contributed by atoms with E-state index >= 15 is 0 Å². The highest BCUT2D eigenvalue weighted by atomic mass is 32.1. The molecule has 0 atom stereocenters. The van der Waals surface area contributed by atoms with Gasteiger partial charge in [-0.05, 0) is 54.3 Å². The third-order valence-corrected chi connectivity index (χ3v) is 4.98. The highest BCUT2D eigenvalue weighted by Gasteiger charge is 2.34. The molecule has 3 aromatic rings. The quantitative estimate of drug-likeness (QED) is 0.525. The van der Waals surface area contributed by atoms with E-state index in [1.165, 1.54) is 35.8 Å². The van der Waals surface area contributed by atoms with Gasteiger partial charge in [-0.3, -0.25) is 4.79 Å². The molecule has 0 saturated carbocycles. The van der Waals surface area contributed by atoms with Crippen LogP contribution in [0.1, 0.15) is 26.6 Å². The van der Waals surface area contributed by atoms with Crippen LogP contribution in [0.3, 0.4) is 0 Å². The van der Waals surface area contributed by atoms with Gasteiger partial charge in [0.2, 0.25) is 0 Å². The zero-order valence-corrected chi connectivity index (χ0v) is 15.9. The van der Waals surface area contributed by atoms with E-state index in [0.29, 0.717) is 0 Å². The molecule has 0 saturated heterocycles. The molecule has 6 nitrogen and oxygen atoms in total. The molecule has 2 heterocycles. The smallest absolute Gasteiger partial charge is 0.418 e. The first-order valence-corrected chi connectivity index (χ1v) is 9.26. The minimum absolute atomic E-state index is 0.0380. The topological polar surface area (TPSA) is 83.4 Å². The number of rotatable bonds is 5. The Bertz CT molecular complexity index is 1010. The number of carbonyl (C=O) groups excluding carboxylic acids is 2. The minimum Gasteiger partial charge on any atom is -0.459 e. The fraction of sp³-hybridized carbons (Fsp3) is 0.158. The number of carbonyl (C=O) groups is 2. The molecular formula is C19H16F3N3O3S. The standard InChI is InChI=1S/C19H16F3N3O3S/c1-11-6-8-29-16(11)10-23-18(27)25-14-5-4-12(9-13(14)19(20,21)22)24-17(26)15-3-2-7-28-15/h2-9H,10H2,1H3,(H,24,26)(H2,23,25,27). The average Bonchev–Trinajstić information content (AvgIpc) is 3.32. The summed E-state index contributed by atoms with van der Waals surface area (Å²) in [5, 5.41) is 8.93. The minimum atomic E-state index is -4.74. The van der Waals surface area contributed by atoms with Crippen molar-refractivity contribution in [3.05, 3.63) is 69.8 Å². The number of alkyl halides is 3. The van der Waals surface area contributed by atoms with Crippen molar-refractivity contribution in [1.29, 1.82) is 0 Å². The molecule has 0 spiro atoms. The number of aryl methyl sites for hydroxylation is 1. The van der Waals surface area contributed by atoms with Gasteiger partial charge in [-0.15, -0.1) is 11.3 Å². The molecule has 10 heteroatoms. The molecule has 3 N–H and O–H groups in total. The lowest BCUT2D eigenvalue weighted by Gasteiger charge is -2.16. The number of hydrogen-bond donors (Lipinski definition) is 3. The average molecular weight is 423 g/mol. The largest absolute Gasteiger partial charge is 0.459 e. The van der Waals surface area contributed by atoms with Crippen molar-refractivity contribution >= 4 is 34.6 Å². The number of thiophene rings is 1. The van der Waals surface area contributed by atoms with E-state index in [-0.39, 0.29) is 18.0 Å². The van der Waals surface area contributed by atoms with Gasteiger partial charge < -0.3 is 20.4 Å². The van der Waals surface area contributed by atoms with Crippen LogP contribution < -0.4 is 16.0 Å². The summed E-state index contributed by atoms with van der Waals surface area (Å²) < 4.78 is 45.3. The SMILES string of the molecule is Cc1ccsc1CNC(=O)Nc1ccc(NC(=O)c2ccco2)cc1C(F)(F)F. The van der Waals surface area contributed by atoms with Gasteiger partial charge in [-0.25, -0.2) is 4.79 Å². The van der Waals surface area contributed by atoms with Crippen LogP contribution in [0.15, 0.2) is 52.5 Å². The first-order valence-electron chi connectivity index (χ1n) is 8.38. The van der Waals surface area contributed by atoms with E-state index in [1.54, 1.807) is 0 Å². The van der Waals surface area contributed by atoms with Gasteiger partial charge >= 0.3 is 12.2 Å². The molecule has 3 rings (SSSR count). The Kier molecular flexibility index (Phi) is 5.92. The molecule has 0 unspecified atom stereocenters. The maximum absolute atomic E-state index is 13.5. The highest BCUT2D eigenvalue weighted by molar-refractivity contribution is 7.10. The van der Waals surface area contributed by atoms with Crippen LogP contribution >= 0.6 is 11.3 Å². The van der Waals surface area contributed by atoms with Gasteiger partial charge in [-0.2, -0.15) is 13.2 Å². The highest BCUT2D eigenvalue weighted by Crippen LogP contribution is 2.36. The molecular weight excluding hydrogens is 407 g/mol. The number of urea groups is 1. The summed E-state index contributed by atoms with van der Waals surface area (Å²) in [6.07, 6.45) is -3.46. The molecule has 0 fully saturated rings. The third-order valence-electron chi connectivity index (χ3n) is 3.95. The number of anilines is 2. The van der Waals surface area contributed by atoms with Crippen LogP contribution in [0.4, 0.5) is 29.3 Å². The van der Waals surface area contributed by atoms with E-state index in [0.717, 1.165) is 22.6 Å². The number of nitrogens with one attached hydrogen (secondary N) is 3. The molecule has 0 aliphatic carbocycles. The Hall–Kier alpha value is -3.27. The summed E-state index contributed by atoms with van der Waals surface area (Å²) in [6, 6.07) is 7.08. The number of amides is 3. The first-order chi connectivity index (χ1) is 13.7. The number of benzene rings is 1. The van der Waals surface area contributed by atoms with Gasteiger partial charge in [0.25, 0.3) is 5.91 Å². The van der Waals surface area contributed by atoms with Gasteiger partial charge in [0.1, 0.15) is 0 Å². The van der Waals surface area contributed by atoms with Crippen molar-refractivity contribution in [3.8, 4) is 0 Å². The number of furan rings is 1. The monoisotopic (exact) mass is 423 g/mol. The molecule has 0 aliphatic heterocycles. The second-order valence-electron chi connectivity index (χ2n) is 6.02. The lowest BCUT2D eigenvalue weighted by molar-refractivity contribution is -0.136. The van der Waals surface area contributed by atoms with Crippen molar-refractivity contribution < 1.29 is 27.2 Å². The van der Waals surface area contributed by atoms with Crippen LogP contribution in [-0.4, -0.2) is 11.9 Å². The summed E-state index contributed by atoms with van der Waals surface area (Å²) in [5.41, 5.74) is -0.604. The second kappa shape index (κ2) is 8.39. The van der Waals surface area contributed by atoms with E-state index in [1.807, 2.05) is 18.4 Å². The predicted octanol–water partition coefficient (Wildman–Crippen LogP) is 5.24. The van der Waals surface area contributed by atoms with Crippen molar-refractivity contribution in [2.45, 2.75) is 19.6 Å². The molecule has 0 bridgehead atoms. The maximum atomic E-state index is 13.5. The molecule has 29 heavy (non-hydrogen) atoms. The van der Waals surface area contributed by atoms with Gasteiger partial charge in [-0.1, -0.05) is 0 Å². The maximum Gasteiger partial charge on any atom is 0.418 e. The summed E-state index contributed by atoms with van der Waals surface area (Å²) in [4.78, 5) is 24.9. The lowest BCUT2D eigenvalue weighted by atomic mass is 10.1. The predicted molar refractivity (Wildman–Crippen MR) is 103 cm³/mol. The Morgan fingerprint density at radius 2 is 1.93 bits per heavy atom. The van der Waals surface area contributed by atoms with Crippen molar-refractivity contribution in [2.24, 2.45) is 0 Å². The number of halogens is 3.